The molecule has 0 aliphatic carbocycles. The highest BCUT2D eigenvalue weighted by atomic mass is 31.2. The van der Waals surface area contributed by atoms with E-state index in [1.54, 1.807) is 0 Å². The molecular formula is C43H82NO10P. The van der Waals surface area contributed by atoms with Crippen LogP contribution in [-0.2, 0) is 37.5 Å². The van der Waals surface area contributed by atoms with Gasteiger partial charge in [-0.3, -0.25) is 23.4 Å². The van der Waals surface area contributed by atoms with E-state index >= 15 is 0 Å². The molecule has 0 aliphatic rings. The highest BCUT2D eigenvalue weighted by Gasteiger charge is 2.28. The summed E-state index contributed by atoms with van der Waals surface area (Å²) in [5.41, 5.74) is 5.33. The molecule has 0 fully saturated rings. The number of allylic oxidation sites excluding steroid dienone is 2. The number of rotatable bonds is 42. The van der Waals surface area contributed by atoms with E-state index in [0.717, 1.165) is 57.8 Å². The van der Waals surface area contributed by atoms with Crippen molar-refractivity contribution in [2.45, 2.75) is 225 Å². The zero-order valence-electron chi connectivity index (χ0n) is 35.0. The summed E-state index contributed by atoms with van der Waals surface area (Å²) < 4.78 is 32.7. The Morgan fingerprint density at radius 3 is 1.38 bits per heavy atom. The number of hydrogen-bond acceptors (Lipinski definition) is 9. The Morgan fingerprint density at radius 1 is 0.545 bits per heavy atom. The molecule has 0 amide bonds. The number of hydrogen-bond donors (Lipinski definition) is 3. The van der Waals surface area contributed by atoms with E-state index in [1.807, 2.05) is 0 Å². The van der Waals surface area contributed by atoms with E-state index in [4.69, 9.17) is 24.8 Å². The van der Waals surface area contributed by atoms with Crippen molar-refractivity contribution in [3.8, 4) is 0 Å². The van der Waals surface area contributed by atoms with Crippen LogP contribution in [0.15, 0.2) is 12.2 Å². The summed E-state index contributed by atoms with van der Waals surface area (Å²) in [6.07, 6.45) is 38.5. The molecule has 1 unspecified atom stereocenters. The molecule has 0 spiro atoms. The second-order valence-electron chi connectivity index (χ2n) is 15.2. The topological polar surface area (TPSA) is 172 Å². The molecule has 4 N–H and O–H groups in total. The minimum Gasteiger partial charge on any atom is -0.480 e. The highest BCUT2D eigenvalue weighted by molar-refractivity contribution is 7.47. The first-order valence-electron chi connectivity index (χ1n) is 22.2. The molecule has 0 radical (unpaired) electrons. The van der Waals surface area contributed by atoms with Crippen molar-refractivity contribution in [2.24, 2.45) is 5.73 Å². The van der Waals surface area contributed by atoms with Crippen LogP contribution in [0.3, 0.4) is 0 Å². The van der Waals surface area contributed by atoms with Gasteiger partial charge in [-0.05, 0) is 32.1 Å². The predicted octanol–water partition coefficient (Wildman–Crippen LogP) is 11.7. The van der Waals surface area contributed by atoms with Crippen LogP contribution in [0.2, 0.25) is 0 Å². The lowest BCUT2D eigenvalue weighted by atomic mass is 10.0. The Hall–Kier alpha value is -1.78. The Bertz CT molecular complexity index is 995. The van der Waals surface area contributed by atoms with Gasteiger partial charge >= 0.3 is 25.7 Å². The van der Waals surface area contributed by atoms with E-state index in [9.17, 15) is 23.8 Å². The smallest absolute Gasteiger partial charge is 0.472 e. The first-order valence-corrected chi connectivity index (χ1v) is 23.7. The van der Waals surface area contributed by atoms with E-state index in [2.05, 4.69) is 30.5 Å². The second-order valence-corrected chi connectivity index (χ2v) is 16.6. The molecule has 12 heteroatoms. The standard InChI is InChI=1S/C43H82NO10P/c1-3-5-7-9-11-13-15-16-17-18-19-20-21-22-23-25-27-29-31-33-35-42(46)54-39(37-52-55(49,50)53-38-40(44)43(47)48)36-51-41(45)34-32-30-28-26-24-14-12-10-8-6-4-2/h10,12,39-40H,3-9,11,13-38,44H2,1-2H3,(H,47,48)(H,49,50)/b12-10+/t39-,40-/m0/s1. The zero-order valence-corrected chi connectivity index (χ0v) is 35.9. The van der Waals surface area contributed by atoms with Crippen molar-refractivity contribution in [3.63, 3.8) is 0 Å². The summed E-state index contributed by atoms with van der Waals surface area (Å²) in [5.74, 6) is -2.38. The van der Waals surface area contributed by atoms with Gasteiger partial charge in [-0.15, -0.1) is 0 Å². The molecule has 0 aliphatic heterocycles. The molecule has 0 heterocycles. The van der Waals surface area contributed by atoms with Crippen LogP contribution in [0.25, 0.3) is 0 Å². The normalized spacial score (nSPS) is 13.8. The number of carboxylic acid groups (broad SMARTS) is 1. The number of carbonyl (C=O) groups is 3. The molecule has 0 bridgehead atoms. The van der Waals surface area contributed by atoms with Crippen LogP contribution in [0, 0.1) is 0 Å². The average Bonchev–Trinajstić information content (AvgIpc) is 3.16. The Balaban J connectivity index is 4.25. The van der Waals surface area contributed by atoms with E-state index in [0.29, 0.717) is 12.8 Å². The summed E-state index contributed by atoms with van der Waals surface area (Å²) in [6.45, 7) is 2.78. The van der Waals surface area contributed by atoms with Crippen LogP contribution >= 0.6 is 7.82 Å². The van der Waals surface area contributed by atoms with E-state index < -0.39 is 51.1 Å². The Kier molecular flexibility index (Phi) is 37.8. The second kappa shape index (κ2) is 39.1. The molecule has 0 aromatic carbocycles. The number of aliphatic carboxylic acids is 1. The number of esters is 2. The number of phosphoric acid groups is 1. The summed E-state index contributed by atoms with van der Waals surface area (Å²) in [4.78, 5) is 45.9. The van der Waals surface area contributed by atoms with Crippen molar-refractivity contribution in [2.75, 3.05) is 19.8 Å². The van der Waals surface area contributed by atoms with Crippen LogP contribution in [0.1, 0.15) is 213 Å². The number of nitrogens with two attached hydrogens (primary N) is 1. The maximum atomic E-state index is 12.6. The van der Waals surface area contributed by atoms with Crippen molar-refractivity contribution in [3.05, 3.63) is 12.2 Å². The van der Waals surface area contributed by atoms with Gasteiger partial charge in [0.25, 0.3) is 0 Å². The van der Waals surface area contributed by atoms with Gasteiger partial charge in [0.1, 0.15) is 12.6 Å². The summed E-state index contributed by atoms with van der Waals surface area (Å²) in [6, 6.07) is -1.52. The van der Waals surface area contributed by atoms with E-state index in [-0.39, 0.29) is 19.4 Å². The Morgan fingerprint density at radius 2 is 0.927 bits per heavy atom. The monoisotopic (exact) mass is 804 g/mol. The number of carboxylic acids is 1. The molecule has 55 heavy (non-hydrogen) atoms. The molecule has 0 rings (SSSR count). The van der Waals surface area contributed by atoms with Gasteiger partial charge in [0, 0.05) is 12.8 Å². The van der Waals surface area contributed by atoms with Gasteiger partial charge in [-0.2, -0.15) is 0 Å². The lowest BCUT2D eigenvalue weighted by Crippen LogP contribution is -2.34. The Labute approximate surface area is 335 Å². The van der Waals surface area contributed by atoms with E-state index in [1.165, 1.54) is 116 Å². The zero-order chi connectivity index (χ0) is 40.7. The van der Waals surface area contributed by atoms with Crippen molar-refractivity contribution < 1.29 is 47.5 Å². The largest absolute Gasteiger partial charge is 0.480 e. The third-order valence-electron chi connectivity index (χ3n) is 9.76. The minimum absolute atomic E-state index is 0.165. The van der Waals surface area contributed by atoms with Crippen molar-refractivity contribution >= 4 is 25.7 Å². The minimum atomic E-state index is -4.71. The lowest BCUT2D eigenvalue weighted by Gasteiger charge is -2.20. The van der Waals surface area contributed by atoms with Gasteiger partial charge in [-0.1, -0.05) is 180 Å². The van der Waals surface area contributed by atoms with Crippen LogP contribution in [-0.4, -0.2) is 59.9 Å². The molecular weight excluding hydrogens is 721 g/mol. The van der Waals surface area contributed by atoms with Crippen LogP contribution < -0.4 is 5.73 Å². The SMILES string of the molecule is CCCC/C=C/CCCCCCCC(=O)OC[C@@H](COP(=O)(O)OC[C@H](N)C(=O)O)OC(=O)CCCCCCCCCCCCCCCCCCCCCC. The fraction of sp³-hybridized carbons (Fsp3) is 0.884. The fourth-order valence-electron chi connectivity index (χ4n) is 6.22. The molecule has 0 aromatic heterocycles. The molecule has 3 atom stereocenters. The molecule has 0 saturated carbocycles. The predicted molar refractivity (Wildman–Crippen MR) is 222 cm³/mol. The maximum Gasteiger partial charge on any atom is 0.472 e. The van der Waals surface area contributed by atoms with Crippen LogP contribution in [0.4, 0.5) is 0 Å². The number of phosphoric ester groups is 1. The summed E-state index contributed by atoms with van der Waals surface area (Å²) in [5, 5.41) is 8.88. The number of ether oxygens (including phenoxy) is 2. The maximum absolute atomic E-state index is 12.6. The van der Waals surface area contributed by atoms with Gasteiger partial charge < -0.3 is 25.2 Å². The third-order valence-corrected chi connectivity index (χ3v) is 10.7. The average molecular weight is 804 g/mol. The first-order chi connectivity index (χ1) is 26.6. The third kappa shape index (κ3) is 38.9. The van der Waals surface area contributed by atoms with Gasteiger partial charge in [0.2, 0.25) is 0 Å². The molecule has 0 saturated heterocycles. The van der Waals surface area contributed by atoms with Gasteiger partial charge in [0.15, 0.2) is 6.10 Å². The van der Waals surface area contributed by atoms with Crippen molar-refractivity contribution in [1.82, 2.24) is 0 Å². The number of carbonyl (C=O) groups excluding carboxylic acids is 2. The molecule has 324 valence electrons. The lowest BCUT2D eigenvalue weighted by molar-refractivity contribution is -0.161. The summed E-state index contributed by atoms with van der Waals surface area (Å²) in [7, 11) is -4.71. The summed E-state index contributed by atoms with van der Waals surface area (Å²) >= 11 is 0. The van der Waals surface area contributed by atoms with Gasteiger partial charge in [0.05, 0.1) is 13.2 Å². The first kappa shape index (κ1) is 53.2. The highest BCUT2D eigenvalue weighted by Crippen LogP contribution is 2.43. The van der Waals surface area contributed by atoms with Crippen LogP contribution in [0.5, 0.6) is 0 Å². The fourth-order valence-corrected chi connectivity index (χ4v) is 7.00. The van der Waals surface area contributed by atoms with Gasteiger partial charge in [-0.25, -0.2) is 4.57 Å². The van der Waals surface area contributed by atoms with Crippen molar-refractivity contribution in [1.29, 1.82) is 0 Å². The number of unbranched alkanes of at least 4 members (excludes halogenated alkanes) is 26. The molecule has 0 aromatic rings. The quantitative estimate of drug-likeness (QED) is 0.0232. The molecule has 11 nitrogen and oxygen atoms in total.